The molecular weight excluding hydrogens is 198 g/mol. The molecule has 1 aliphatic heterocycles. The van der Waals surface area contributed by atoms with Gasteiger partial charge < -0.3 is 15.1 Å². The highest BCUT2D eigenvalue weighted by Crippen LogP contribution is 2.02. The zero-order valence-electron chi connectivity index (χ0n) is 11.2. The Morgan fingerprint density at radius 1 is 0.812 bits per heavy atom. The van der Waals surface area contributed by atoms with Crippen molar-refractivity contribution in [3.8, 4) is 0 Å². The van der Waals surface area contributed by atoms with E-state index >= 15 is 0 Å². The first-order chi connectivity index (χ1) is 7.86. The van der Waals surface area contributed by atoms with Crippen LogP contribution in [0.3, 0.4) is 0 Å². The van der Waals surface area contributed by atoms with Crippen LogP contribution in [0, 0.1) is 0 Å². The van der Waals surface area contributed by atoms with Gasteiger partial charge in [0.2, 0.25) is 0 Å². The lowest BCUT2D eigenvalue weighted by molar-refractivity contribution is 0.131. The van der Waals surface area contributed by atoms with E-state index in [9.17, 15) is 0 Å². The molecule has 0 aromatic carbocycles. The maximum Gasteiger partial charge on any atom is 0.0110 e. The molecule has 0 unspecified atom stereocenters. The molecule has 0 saturated carbocycles. The van der Waals surface area contributed by atoms with Gasteiger partial charge in [0.1, 0.15) is 0 Å². The molecule has 1 fully saturated rings. The largest absolute Gasteiger partial charge is 0.317 e. The molecule has 16 heavy (non-hydrogen) atoms. The van der Waals surface area contributed by atoms with Gasteiger partial charge in [-0.15, -0.1) is 0 Å². The van der Waals surface area contributed by atoms with Crippen LogP contribution in [0.15, 0.2) is 0 Å². The smallest absolute Gasteiger partial charge is 0.0110 e. The van der Waals surface area contributed by atoms with E-state index in [1.165, 1.54) is 71.6 Å². The molecule has 0 aliphatic carbocycles. The van der Waals surface area contributed by atoms with Crippen molar-refractivity contribution >= 4 is 0 Å². The van der Waals surface area contributed by atoms with Gasteiger partial charge in [-0.2, -0.15) is 0 Å². The quantitative estimate of drug-likeness (QED) is 0.633. The fourth-order valence-corrected chi connectivity index (χ4v) is 2.28. The average Bonchev–Trinajstić information content (AvgIpc) is 2.31. The average molecular weight is 227 g/mol. The summed E-state index contributed by atoms with van der Waals surface area (Å²) in [5.74, 6) is 0. The Balaban J connectivity index is 1.95. The van der Waals surface area contributed by atoms with E-state index in [0.717, 1.165) is 0 Å². The summed E-state index contributed by atoms with van der Waals surface area (Å²) in [4.78, 5) is 5.20. The molecule has 0 aromatic heterocycles. The maximum atomic E-state index is 3.47. The van der Waals surface area contributed by atoms with Gasteiger partial charge in [0.25, 0.3) is 0 Å². The van der Waals surface area contributed by atoms with E-state index < -0.39 is 0 Å². The Bertz CT molecular complexity index is 153. The number of rotatable bonds is 8. The predicted molar refractivity (Wildman–Crippen MR) is 70.9 cm³/mol. The first-order valence-corrected chi connectivity index (χ1v) is 7.02. The van der Waals surface area contributed by atoms with Crippen LogP contribution in [0.25, 0.3) is 0 Å². The Hall–Kier alpha value is -0.120. The summed E-state index contributed by atoms with van der Waals surface area (Å²) in [7, 11) is 0. The first-order valence-electron chi connectivity index (χ1n) is 7.02. The third-order valence-corrected chi connectivity index (χ3v) is 3.26. The minimum atomic E-state index is 1.17. The van der Waals surface area contributed by atoms with Crippen molar-refractivity contribution in [3.05, 3.63) is 0 Å². The van der Waals surface area contributed by atoms with Crippen molar-refractivity contribution in [2.45, 2.75) is 33.1 Å². The maximum absolute atomic E-state index is 3.47. The topological polar surface area (TPSA) is 18.5 Å². The Kier molecular flexibility index (Phi) is 7.81. The van der Waals surface area contributed by atoms with Gasteiger partial charge in [-0.1, -0.05) is 13.8 Å². The Morgan fingerprint density at radius 3 is 2.00 bits per heavy atom. The van der Waals surface area contributed by atoms with Crippen molar-refractivity contribution in [2.24, 2.45) is 0 Å². The molecule has 1 saturated heterocycles. The van der Waals surface area contributed by atoms with Crippen LogP contribution in [0.1, 0.15) is 33.1 Å². The number of hydrogen-bond donors (Lipinski definition) is 1. The van der Waals surface area contributed by atoms with Crippen LogP contribution in [-0.2, 0) is 0 Å². The van der Waals surface area contributed by atoms with E-state index in [-0.39, 0.29) is 0 Å². The summed E-state index contributed by atoms with van der Waals surface area (Å²) in [6.07, 6.45) is 3.84. The molecule has 3 nitrogen and oxygen atoms in total. The molecule has 3 heteroatoms. The second kappa shape index (κ2) is 8.97. The molecule has 96 valence electrons. The van der Waals surface area contributed by atoms with Crippen molar-refractivity contribution in [1.82, 2.24) is 15.1 Å². The fourth-order valence-electron chi connectivity index (χ4n) is 2.28. The predicted octanol–water partition coefficient (Wildman–Crippen LogP) is 1.40. The Morgan fingerprint density at radius 2 is 1.44 bits per heavy atom. The zero-order valence-corrected chi connectivity index (χ0v) is 11.2. The number of piperazine rings is 1. The van der Waals surface area contributed by atoms with Crippen molar-refractivity contribution in [1.29, 1.82) is 0 Å². The minimum Gasteiger partial charge on any atom is -0.317 e. The molecule has 1 N–H and O–H groups in total. The molecule has 1 rings (SSSR count). The van der Waals surface area contributed by atoms with Crippen LogP contribution in [0.5, 0.6) is 0 Å². The third-order valence-electron chi connectivity index (χ3n) is 3.26. The van der Waals surface area contributed by atoms with E-state index in [0.29, 0.717) is 0 Å². The standard InChI is InChI=1S/C13H29N3/c1-3-6-14-7-5-9-16-12-10-15(8-4-2)11-13-16/h14H,3-13H2,1-2H3. The number of hydrogen-bond acceptors (Lipinski definition) is 3. The van der Waals surface area contributed by atoms with Crippen LogP contribution in [0.2, 0.25) is 0 Å². The lowest BCUT2D eigenvalue weighted by atomic mass is 10.2. The lowest BCUT2D eigenvalue weighted by Gasteiger charge is -2.34. The highest BCUT2D eigenvalue weighted by atomic mass is 15.3. The van der Waals surface area contributed by atoms with Crippen LogP contribution < -0.4 is 5.32 Å². The molecule has 0 bridgehead atoms. The molecule has 0 aromatic rings. The molecule has 1 aliphatic rings. The van der Waals surface area contributed by atoms with Gasteiger partial charge >= 0.3 is 0 Å². The van der Waals surface area contributed by atoms with E-state index in [1.807, 2.05) is 0 Å². The molecule has 0 radical (unpaired) electrons. The number of nitrogens with zero attached hydrogens (tertiary/aromatic N) is 2. The third kappa shape index (κ3) is 5.83. The lowest BCUT2D eigenvalue weighted by Crippen LogP contribution is -2.46. The van der Waals surface area contributed by atoms with Crippen molar-refractivity contribution in [3.63, 3.8) is 0 Å². The second-order valence-corrected chi connectivity index (χ2v) is 4.79. The van der Waals surface area contributed by atoms with Gasteiger partial charge in [-0.25, -0.2) is 0 Å². The summed E-state index contributed by atoms with van der Waals surface area (Å²) in [5, 5.41) is 3.47. The first kappa shape index (κ1) is 13.9. The molecule has 0 amide bonds. The fraction of sp³-hybridized carbons (Fsp3) is 1.00. The van der Waals surface area contributed by atoms with Crippen LogP contribution in [0.4, 0.5) is 0 Å². The van der Waals surface area contributed by atoms with E-state index in [2.05, 4.69) is 29.0 Å². The highest BCUT2D eigenvalue weighted by Gasteiger charge is 2.14. The van der Waals surface area contributed by atoms with Gasteiger partial charge in [0.05, 0.1) is 0 Å². The van der Waals surface area contributed by atoms with E-state index in [4.69, 9.17) is 0 Å². The molecule has 0 atom stereocenters. The molecule has 1 heterocycles. The Labute approximate surface area is 101 Å². The monoisotopic (exact) mass is 227 g/mol. The minimum absolute atomic E-state index is 1.17. The summed E-state index contributed by atoms with van der Waals surface area (Å²) < 4.78 is 0. The SMILES string of the molecule is CCCNCCCN1CCN(CCC)CC1. The highest BCUT2D eigenvalue weighted by molar-refractivity contribution is 4.71. The second-order valence-electron chi connectivity index (χ2n) is 4.79. The molecular formula is C13H29N3. The summed E-state index contributed by atoms with van der Waals surface area (Å²) in [6.45, 7) is 14.5. The summed E-state index contributed by atoms with van der Waals surface area (Å²) in [6, 6.07) is 0. The summed E-state index contributed by atoms with van der Waals surface area (Å²) >= 11 is 0. The van der Waals surface area contributed by atoms with Crippen LogP contribution >= 0.6 is 0 Å². The van der Waals surface area contributed by atoms with Crippen LogP contribution in [-0.4, -0.2) is 62.2 Å². The van der Waals surface area contributed by atoms with Crippen molar-refractivity contribution < 1.29 is 0 Å². The van der Waals surface area contributed by atoms with Gasteiger partial charge in [0.15, 0.2) is 0 Å². The summed E-state index contributed by atoms with van der Waals surface area (Å²) in [5.41, 5.74) is 0. The zero-order chi connectivity index (χ0) is 11.6. The normalized spacial score (nSPS) is 19.1. The molecule has 0 spiro atoms. The van der Waals surface area contributed by atoms with Crippen molar-refractivity contribution in [2.75, 3.05) is 52.4 Å². The van der Waals surface area contributed by atoms with Gasteiger partial charge in [-0.05, 0) is 45.4 Å². The van der Waals surface area contributed by atoms with Gasteiger partial charge in [-0.3, -0.25) is 0 Å². The van der Waals surface area contributed by atoms with Gasteiger partial charge in [0, 0.05) is 26.2 Å². The van der Waals surface area contributed by atoms with E-state index in [1.54, 1.807) is 0 Å². The number of nitrogens with one attached hydrogen (secondary N) is 1.